The smallest absolute Gasteiger partial charge is 0.261 e. The van der Waals surface area contributed by atoms with Crippen LogP contribution in [-0.4, -0.2) is 28.9 Å². The minimum Gasteiger partial charge on any atom is -0.483 e. The van der Waals surface area contributed by atoms with Crippen LogP contribution in [0.3, 0.4) is 0 Å². The van der Waals surface area contributed by atoms with Gasteiger partial charge in [0.1, 0.15) is 17.6 Å². The van der Waals surface area contributed by atoms with Crippen LogP contribution in [0.5, 0.6) is 5.75 Å². The van der Waals surface area contributed by atoms with E-state index >= 15 is 0 Å². The predicted octanol–water partition coefficient (Wildman–Crippen LogP) is 4.87. The first-order valence-corrected chi connectivity index (χ1v) is 10.9. The van der Waals surface area contributed by atoms with Crippen molar-refractivity contribution >= 4 is 11.8 Å². The van der Waals surface area contributed by atoms with E-state index in [1.807, 2.05) is 69.3 Å². The van der Waals surface area contributed by atoms with Crippen LogP contribution >= 0.6 is 0 Å². The first-order chi connectivity index (χ1) is 15.7. The minimum atomic E-state index is -0.865. The molecule has 1 aliphatic heterocycles. The van der Waals surface area contributed by atoms with Crippen molar-refractivity contribution in [3.63, 3.8) is 0 Å². The van der Waals surface area contributed by atoms with E-state index < -0.39 is 11.6 Å². The maximum atomic E-state index is 13.9. The number of amides is 2. The second kappa shape index (κ2) is 9.06. The highest BCUT2D eigenvalue weighted by Crippen LogP contribution is 2.35. The largest absolute Gasteiger partial charge is 0.483 e. The first-order valence-electron chi connectivity index (χ1n) is 10.9. The lowest BCUT2D eigenvalue weighted by molar-refractivity contribution is -0.142. The van der Waals surface area contributed by atoms with Crippen LogP contribution in [-0.2, 0) is 16.1 Å². The Hall–Kier alpha value is -3.67. The Morgan fingerprint density at radius 3 is 2.55 bits per heavy atom. The number of para-hydroxylation sites is 1. The van der Waals surface area contributed by atoms with Gasteiger partial charge in [0.25, 0.3) is 5.91 Å². The molecule has 2 amide bonds. The summed E-state index contributed by atoms with van der Waals surface area (Å²) in [5, 5.41) is 3.01. The number of halogens is 1. The SMILES string of the molecule is CC(C)(C)NC(=O)C1c2ccccc2OCC(=O)N1Cc1ccccc1-c1cccc(F)c1. The minimum absolute atomic E-state index is 0.168. The number of carbonyl (C=O) groups is 2. The summed E-state index contributed by atoms with van der Waals surface area (Å²) in [7, 11) is 0. The molecule has 3 aromatic rings. The van der Waals surface area contributed by atoms with E-state index in [4.69, 9.17) is 4.74 Å². The lowest BCUT2D eigenvalue weighted by Crippen LogP contribution is -2.49. The Kier molecular flexibility index (Phi) is 6.18. The van der Waals surface area contributed by atoms with Gasteiger partial charge in [0.2, 0.25) is 5.91 Å². The number of hydrogen-bond donors (Lipinski definition) is 1. The summed E-state index contributed by atoms with van der Waals surface area (Å²) in [5.74, 6) is -0.398. The van der Waals surface area contributed by atoms with Gasteiger partial charge in [-0.25, -0.2) is 4.39 Å². The third-order valence-electron chi connectivity index (χ3n) is 5.44. The highest BCUT2D eigenvalue weighted by molar-refractivity contribution is 5.91. The van der Waals surface area contributed by atoms with Crippen LogP contribution < -0.4 is 10.1 Å². The van der Waals surface area contributed by atoms with Gasteiger partial charge in [-0.05, 0) is 55.7 Å². The third-order valence-corrected chi connectivity index (χ3v) is 5.44. The highest BCUT2D eigenvalue weighted by Gasteiger charge is 2.37. The molecular weight excluding hydrogens is 419 g/mol. The molecule has 0 aromatic heterocycles. The van der Waals surface area contributed by atoms with Gasteiger partial charge in [0.15, 0.2) is 6.61 Å². The zero-order valence-electron chi connectivity index (χ0n) is 19.0. The maximum Gasteiger partial charge on any atom is 0.261 e. The molecule has 170 valence electrons. The normalized spacial score (nSPS) is 15.9. The molecule has 0 radical (unpaired) electrons. The van der Waals surface area contributed by atoms with E-state index in [1.54, 1.807) is 17.0 Å². The molecule has 1 atom stereocenters. The fourth-order valence-corrected chi connectivity index (χ4v) is 4.05. The standard InChI is InChI=1S/C27H27FN2O3/c1-27(2,3)29-26(32)25-22-13-6-7-14-23(22)33-17-24(31)30(25)16-19-9-4-5-12-21(19)18-10-8-11-20(28)15-18/h4-15,25H,16-17H2,1-3H3,(H,29,32). The second-order valence-electron chi connectivity index (χ2n) is 9.16. The number of nitrogens with one attached hydrogen (secondary N) is 1. The van der Waals surface area contributed by atoms with Gasteiger partial charge in [-0.3, -0.25) is 9.59 Å². The van der Waals surface area contributed by atoms with Gasteiger partial charge in [-0.2, -0.15) is 0 Å². The number of ether oxygens (including phenoxy) is 1. The topological polar surface area (TPSA) is 58.6 Å². The molecule has 0 saturated carbocycles. The van der Waals surface area contributed by atoms with Crippen LogP contribution in [0.4, 0.5) is 4.39 Å². The molecule has 6 heteroatoms. The number of rotatable bonds is 4. The summed E-state index contributed by atoms with van der Waals surface area (Å²) in [6.07, 6.45) is 0. The average Bonchev–Trinajstić information content (AvgIpc) is 2.90. The van der Waals surface area contributed by atoms with Crippen molar-refractivity contribution in [3.05, 3.63) is 89.7 Å². The van der Waals surface area contributed by atoms with Crippen LogP contribution in [0, 0.1) is 5.82 Å². The molecule has 33 heavy (non-hydrogen) atoms. The predicted molar refractivity (Wildman–Crippen MR) is 125 cm³/mol. The third kappa shape index (κ3) is 5.06. The molecular formula is C27H27FN2O3. The molecule has 0 bridgehead atoms. The Morgan fingerprint density at radius 1 is 1.06 bits per heavy atom. The molecule has 1 N–H and O–H groups in total. The number of fused-ring (bicyclic) bond motifs is 1. The summed E-state index contributed by atoms with van der Waals surface area (Å²) in [6, 6.07) is 20.2. The van der Waals surface area contributed by atoms with Gasteiger partial charge >= 0.3 is 0 Å². The monoisotopic (exact) mass is 446 g/mol. The summed E-state index contributed by atoms with van der Waals surface area (Å²) >= 11 is 0. The van der Waals surface area contributed by atoms with E-state index in [-0.39, 0.29) is 30.8 Å². The van der Waals surface area contributed by atoms with Crippen molar-refractivity contribution in [1.82, 2.24) is 10.2 Å². The molecule has 1 heterocycles. The van der Waals surface area contributed by atoms with Gasteiger partial charge in [-0.1, -0.05) is 54.6 Å². The van der Waals surface area contributed by atoms with Crippen molar-refractivity contribution in [2.75, 3.05) is 6.61 Å². The molecule has 5 nitrogen and oxygen atoms in total. The molecule has 0 saturated heterocycles. The maximum absolute atomic E-state index is 13.9. The van der Waals surface area contributed by atoms with Gasteiger partial charge in [0.05, 0.1) is 0 Å². The van der Waals surface area contributed by atoms with E-state index in [0.717, 1.165) is 11.1 Å². The molecule has 4 rings (SSSR count). The summed E-state index contributed by atoms with van der Waals surface area (Å²) in [4.78, 5) is 28.2. The highest BCUT2D eigenvalue weighted by atomic mass is 19.1. The van der Waals surface area contributed by atoms with Crippen LogP contribution in [0.25, 0.3) is 11.1 Å². The Morgan fingerprint density at radius 2 is 1.79 bits per heavy atom. The number of carbonyl (C=O) groups excluding carboxylic acids is 2. The summed E-state index contributed by atoms with van der Waals surface area (Å²) < 4.78 is 19.7. The van der Waals surface area contributed by atoms with E-state index in [2.05, 4.69) is 5.32 Å². The number of hydrogen-bond acceptors (Lipinski definition) is 3. The van der Waals surface area contributed by atoms with Crippen LogP contribution in [0.15, 0.2) is 72.8 Å². The zero-order chi connectivity index (χ0) is 23.6. The zero-order valence-corrected chi connectivity index (χ0v) is 19.0. The van der Waals surface area contributed by atoms with Gasteiger partial charge in [0, 0.05) is 17.6 Å². The van der Waals surface area contributed by atoms with Crippen molar-refractivity contribution in [2.45, 2.75) is 38.9 Å². The fraction of sp³-hybridized carbons (Fsp3) is 0.259. The molecule has 1 unspecified atom stereocenters. The molecule has 0 aliphatic carbocycles. The lowest BCUT2D eigenvalue weighted by Gasteiger charge is -2.32. The van der Waals surface area contributed by atoms with E-state index in [0.29, 0.717) is 16.9 Å². The first kappa shape index (κ1) is 22.5. The van der Waals surface area contributed by atoms with Crippen molar-refractivity contribution in [1.29, 1.82) is 0 Å². The molecule has 0 fully saturated rings. The number of nitrogens with zero attached hydrogens (tertiary/aromatic N) is 1. The number of benzene rings is 3. The molecule has 1 aliphatic rings. The van der Waals surface area contributed by atoms with E-state index in [1.165, 1.54) is 12.1 Å². The Bertz CT molecular complexity index is 1190. The van der Waals surface area contributed by atoms with Crippen molar-refractivity contribution in [2.24, 2.45) is 0 Å². The van der Waals surface area contributed by atoms with Gasteiger partial charge < -0.3 is 15.0 Å². The molecule has 3 aromatic carbocycles. The van der Waals surface area contributed by atoms with Crippen molar-refractivity contribution < 1.29 is 18.7 Å². The van der Waals surface area contributed by atoms with Crippen LogP contribution in [0.1, 0.15) is 37.9 Å². The molecule has 0 spiro atoms. The fourth-order valence-electron chi connectivity index (χ4n) is 4.05. The summed E-state index contributed by atoms with van der Waals surface area (Å²) in [5.41, 5.74) is 2.48. The lowest BCUT2D eigenvalue weighted by atomic mass is 9.97. The average molecular weight is 447 g/mol. The van der Waals surface area contributed by atoms with Crippen LogP contribution in [0.2, 0.25) is 0 Å². The van der Waals surface area contributed by atoms with Crippen molar-refractivity contribution in [3.8, 4) is 16.9 Å². The summed E-state index contributed by atoms with van der Waals surface area (Å²) in [6.45, 7) is 5.70. The quantitative estimate of drug-likeness (QED) is 0.622. The Balaban J connectivity index is 1.78. The van der Waals surface area contributed by atoms with Gasteiger partial charge in [-0.15, -0.1) is 0 Å². The second-order valence-corrected chi connectivity index (χ2v) is 9.16. The van der Waals surface area contributed by atoms with E-state index in [9.17, 15) is 14.0 Å². The Labute approximate surface area is 193 Å².